The van der Waals surface area contributed by atoms with Gasteiger partial charge in [-0.15, -0.1) is 0 Å². The van der Waals surface area contributed by atoms with E-state index in [2.05, 4.69) is 280 Å². The Kier molecular flexibility index (Phi) is 9.49. The smallest absolute Gasteiger partial charge is 0.0714 e. The van der Waals surface area contributed by atoms with Crippen LogP contribution in [0.3, 0.4) is 0 Å². The van der Waals surface area contributed by atoms with Crippen molar-refractivity contribution >= 4 is 27.8 Å². The number of benzene rings is 11. The van der Waals surface area contributed by atoms with Gasteiger partial charge in [-0.25, -0.2) is 0 Å². The molecule has 0 saturated carbocycles. The minimum Gasteiger partial charge on any atom is -0.309 e. The lowest BCUT2D eigenvalue weighted by Crippen LogP contribution is -2.28. The second kappa shape index (κ2) is 16.1. The zero-order valence-corrected chi connectivity index (χ0v) is 38.8. The monoisotopic (exact) mass is 879 g/mol. The highest BCUT2D eigenvalue weighted by atomic mass is 15.1. The minimum atomic E-state index is -0.569. The fourth-order valence-electron chi connectivity index (χ4n) is 12.0. The number of nitrogens with zero attached hydrogens (tertiary/aromatic N) is 1. The van der Waals surface area contributed by atoms with Gasteiger partial charge in [-0.1, -0.05) is 238 Å². The lowest BCUT2D eigenvalue weighted by molar-refractivity contribution is 0.660. The number of fused-ring (bicyclic) bond motifs is 7. The summed E-state index contributed by atoms with van der Waals surface area (Å²) in [6, 6.07) is 97.2. The van der Waals surface area contributed by atoms with Gasteiger partial charge in [-0.2, -0.15) is 0 Å². The van der Waals surface area contributed by atoms with Crippen LogP contribution in [0.4, 0.5) is 17.1 Å². The van der Waals surface area contributed by atoms with Gasteiger partial charge in [-0.05, 0) is 125 Å². The molecule has 0 heterocycles. The van der Waals surface area contributed by atoms with Crippen LogP contribution in [-0.4, -0.2) is 0 Å². The molecule has 326 valence electrons. The van der Waals surface area contributed by atoms with Crippen molar-refractivity contribution in [3.8, 4) is 55.6 Å². The highest BCUT2D eigenvalue weighted by molar-refractivity contribution is 6.04. The van der Waals surface area contributed by atoms with Gasteiger partial charge in [-0.3, -0.25) is 0 Å². The van der Waals surface area contributed by atoms with Crippen molar-refractivity contribution in [2.75, 3.05) is 4.90 Å². The van der Waals surface area contributed by atoms with E-state index in [-0.39, 0.29) is 5.41 Å². The van der Waals surface area contributed by atoms with Crippen molar-refractivity contribution in [2.24, 2.45) is 0 Å². The van der Waals surface area contributed by atoms with Crippen molar-refractivity contribution < 1.29 is 0 Å². The highest BCUT2D eigenvalue weighted by Crippen LogP contribution is 2.59. The molecule has 11 aromatic carbocycles. The first-order valence-corrected chi connectivity index (χ1v) is 24.2. The molecule has 0 radical (unpaired) electrons. The van der Waals surface area contributed by atoms with Crippen LogP contribution in [0.15, 0.2) is 261 Å². The predicted octanol–water partition coefficient (Wildman–Crippen LogP) is 18.0. The third kappa shape index (κ3) is 6.31. The van der Waals surface area contributed by atoms with Crippen LogP contribution in [0.1, 0.15) is 47.2 Å². The topological polar surface area (TPSA) is 3.24 Å². The Hall–Kier alpha value is -8.52. The number of hydrogen-bond acceptors (Lipinski definition) is 1. The molecule has 0 bridgehead atoms. The first kappa shape index (κ1) is 40.7. The Balaban J connectivity index is 1.16. The summed E-state index contributed by atoms with van der Waals surface area (Å²) >= 11 is 0. The third-order valence-corrected chi connectivity index (χ3v) is 15.1. The molecule has 0 amide bonds. The summed E-state index contributed by atoms with van der Waals surface area (Å²) in [6.45, 7) is 4.77. The summed E-state index contributed by atoms with van der Waals surface area (Å²) < 4.78 is 0. The number of rotatable bonds is 8. The fourth-order valence-corrected chi connectivity index (χ4v) is 12.0. The third-order valence-electron chi connectivity index (χ3n) is 15.1. The van der Waals surface area contributed by atoms with Crippen LogP contribution in [0.5, 0.6) is 0 Å². The zero-order valence-electron chi connectivity index (χ0n) is 38.8. The maximum Gasteiger partial charge on any atom is 0.0714 e. The average Bonchev–Trinajstić information content (AvgIpc) is 3.84. The Labute approximate surface area is 405 Å². The van der Waals surface area contributed by atoms with Gasteiger partial charge in [0.15, 0.2) is 0 Å². The number of hydrogen-bond donors (Lipinski definition) is 0. The first-order valence-electron chi connectivity index (χ1n) is 24.2. The molecule has 69 heavy (non-hydrogen) atoms. The molecule has 2 aliphatic rings. The molecule has 1 heteroatoms. The second-order valence-electron chi connectivity index (χ2n) is 19.2. The van der Waals surface area contributed by atoms with Gasteiger partial charge in [0.25, 0.3) is 0 Å². The SMILES string of the molecule is CC1(C)c2ccccc2-c2ccc(N(c3ccc4c(c3)C(c3ccccc3)(c3ccccc3)c3ccccc3-4)c3c(-c4ccccc4)cc(-c4cccc5ccccc45)cc3-c3ccccc3)cc21. The Morgan fingerprint density at radius 2 is 0.725 bits per heavy atom. The maximum absolute atomic E-state index is 2.58. The lowest BCUT2D eigenvalue weighted by atomic mass is 9.67. The highest BCUT2D eigenvalue weighted by Gasteiger charge is 2.46. The summed E-state index contributed by atoms with van der Waals surface area (Å²) in [4.78, 5) is 2.58. The van der Waals surface area contributed by atoms with E-state index in [1.54, 1.807) is 0 Å². The van der Waals surface area contributed by atoms with Gasteiger partial charge in [0, 0.05) is 27.9 Å². The molecule has 2 aliphatic carbocycles. The van der Waals surface area contributed by atoms with E-state index in [1.807, 2.05) is 0 Å². The predicted molar refractivity (Wildman–Crippen MR) is 290 cm³/mol. The molecule has 0 fully saturated rings. The molecule has 0 aliphatic heterocycles. The molecular formula is C68H49N. The van der Waals surface area contributed by atoms with Crippen molar-refractivity contribution in [1.29, 1.82) is 0 Å². The van der Waals surface area contributed by atoms with E-state index in [0.717, 1.165) is 39.3 Å². The molecule has 0 atom stereocenters. The minimum absolute atomic E-state index is 0.203. The van der Waals surface area contributed by atoms with E-state index in [1.165, 1.54) is 77.5 Å². The van der Waals surface area contributed by atoms with Crippen LogP contribution in [0, 0.1) is 0 Å². The van der Waals surface area contributed by atoms with Crippen molar-refractivity contribution in [3.63, 3.8) is 0 Å². The summed E-state index contributed by atoms with van der Waals surface area (Å²) in [6.07, 6.45) is 0. The van der Waals surface area contributed by atoms with Crippen molar-refractivity contribution in [2.45, 2.75) is 24.7 Å². The molecular weight excluding hydrogens is 831 g/mol. The molecule has 0 spiro atoms. The molecule has 0 N–H and O–H groups in total. The Morgan fingerprint density at radius 3 is 1.33 bits per heavy atom. The van der Waals surface area contributed by atoms with Crippen LogP contribution in [0.2, 0.25) is 0 Å². The van der Waals surface area contributed by atoms with Crippen LogP contribution in [-0.2, 0) is 10.8 Å². The summed E-state index contributed by atoms with van der Waals surface area (Å²) in [5, 5.41) is 2.46. The molecule has 11 aromatic rings. The lowest BCUT2D eigenvalue weighted by Gasteiger charge is -2.36. The molecule has 13 rings (SSSR count). The first-order chi connectivity index (χ1) is 34.0. The fraction of sp³-hybridized carbons (Fsp3) is 0.0588. The van der Waals surface area contributed by atoms with E-state index in [9.17, 15) is 0 Å². The van der Waals surface area contributed by atoms with Crippen molar-refractivity contribution in [1.82, 2.24) is 0 Å². The molecule has 0 unspecified atom stereocenters. The largest absolute Gasteiger partial charge is 0.309 e. The number of anilines is 3. The average molecular weight is 880 g/mol. The summed E-state index contributed by atoms with van der Waals surface area (Å²) in [5.41, 5.74) is 22.5. The van der Waals surface area contributed by atoms with Gasteiger partial charge >= 0.3 is 0 Å². The normalized spacial score (nSPS) is 13.6. The van der Waals surface area contributed by atoms with Crippen LogP contribution >= 0.6 is 0 Å². The van der Waals surface area contributed by atoms with E-state index >= 15 is 0 Å². The summed E-state index contributed by atoms with van der Waals surface area (Å²) in [5.74, 6) is 0. The maximum atomic E-state index is 2.58. The van der Waals surface area contributed by atoms with Gasteiger partial charge in [0.1, 0.15) is 0 Å². The molecule has 1 nitrogen and oxygen atoms in total. The van der Waals surface area contributed by atoms with Crippen LogP contribution in [0.25, 0.3) is 66.4 Å². The second-order valence-corrected chi connectivity index (χ2v) is 19.2. The summed E-state index contributed by atoms with van der Waals surface area (Å²) in [7, 11) is 0. The van der Waals surface area contributed by atoms with Gasteiger partial charge in [0.05, 0.1) is 11.1 Å². The van der Waals surface area contributed by atoms with E-state index in [0.29, 0.717) is 0 Å². The van der Waals surface area contributed by atoms with Crippen LogP contribution < -0.4 is 4.90 Å². The zero-order chi connectivity index (χ0) is 46.1. The quantitative estimate of drug-likeness (QED) is 0.147. The standard InChI is InChI=1S/C68H49N/c1-67(2)62-36-19-17-33-56(62)58-40-38-52(44-64(58)67)69(53-39-41-59-57-34-18-20-37-63(57)68(65(59)45-53,50-28-11-5-12-29-50)51-30-13-6-14-31-51)66-60(47-22-7-3-8-23-47)42-49(43-61(66)48-24-9-4-10-25-48)55-35-21-27-46-26-15-16-32-54(46)55/h3-45H,1-2H3. The van der Waals surface area contributed by atoms with Crippen molar-refractivity contribution in [3.05, 3.63) is 294 Å². The molecule has 0 aromatic heterocycles. The van der Waals surface area contributed by atoms with E-state index in [4.69, 9.17) is 0 Å². The molecule has 0 saturated heterocycles. The Morgan fingerprint density at radius 1 is 0.290 bits per heavy atom. The van der Waals surface area contributed by atoms with Gasteiger partial charge in [0.2, 0.25) is 0 Å². The van der Waals surface area contributed by atoms with E-state index < -0.39 is 5.41 Å². The Bertz CT molecular complexity index is 3630. The van der Waals surface area contributed by atoms with Gasteiger partial charge < -0.3 is 4.90 Å².